The smallest absolute Gasteiger partial charge is 0.340 e. The van der Waals surface area contributed by atoms with Crippen LogP contribution < -0.4 is 4.74 Å². The maximum atomic E-state index is 11.4. The first-order valence-corrected chi connectivity index (χ1v) is 4.28. The van der Waals surface area contributed by atoms with E-state index in [4.69, 9.17) is 11.3 Å². The minimum Gasteiger partial charge on any atom is -0.496 e. The second kappa shape index (κ2) is 4.47. The summed E-state index contributed by atoms with van der Waals surface area (Å²) in [6, 6.07) is 3.13. The second-order valence-corrected chi connectivity index (χ2v) is 2.94. The van der Waals surface area contributed by atoms with Crippen molar-refractivity contribution in [3.63, 3.8) is 0 Å². The van der Waals surface area contributed by atoms with Gasteiger partial charge in [0.2, 0.25) is 0 Å². The van der Waals surface area contributed by atoms with Crippen molar-refractivity contribution in [1.82, 2.24) is 0 Å². The topological polar surface area (TPSA) is 39.9 Å². The molecule has 0 amide bonds. The van der Waals surface area contributed by atoms with Gasteiger partial charge in [-0.2, -0.15) is 0 Å². The van der Waals surface area contributed by atoms with Crippen LogP contribution in [-0.2, 0) is 4.74 Å². The summed E-state index contributed by atoms with van der Waals surface area (Å²) in [5.74, 6) is -0.0801. The third-order valence-corrected chi connectivity index (χ3v) is 2.04. The summed E-state index contributed by atoms with van der Waals surface area (Å²) in [5, 5.41) is 0. The monoisotopic (exact) mass is 205 g/mol. The van der Waals surface area contributed by atoms with E-state index in [0.29, 0.717) is 11.4 Å². The SMILES string of the molecule is [C-]#[N+]c1cc(C(=O)OC)c(OC)cc1C. The van der Waals surface area contributed by atoms with E-state index >= 15 is 0 Å². The maximum Gasteiger partial charge on any atom is 0.340 e. The van der Waals surface area contributed by atoms with Gasteiger partial charge in [0.1, 0.15) is 5.75 Å². The van der Waals surface area contributed by atoms with Gasteiger partial charge in [0.15, 0.2) is 5.69 Å². The van der Waals surface area contributed by atoms with Crippen molar-refractivity contribution in [2.24, 2.45) is 0 Å². The number of ether oxygens (including phenoxy) is 2. The highest BCUT2D eigenvalue weighted by atomic mass is 16.5. The molecule has 78 valence electrons. The number of hydrogen-bond donors (Lipinski definition) is 0. The first-order chi connectivity index (χ1) is 7.13. The molecule has 4 heteroatoms. The molecule has 1 aromatic carbocycles. The molecular formula is C11H11NO3. The van der Waals surface area contributed by atoms with Crippen molar-refractivity contribution in [2.45, 2.75) is 6.92 Å². The van der Waals surface area contributed by atoms with Crippen LogP contribution in [0, 0.1) is 13.5 Å². The molecule has 4 nitrogen and oxygen atoms in total. The number of carbonyl (C=O) groups excluding carboxylic acids is 1. The maximum absolute atomic E-state index is 11.4. The van der Waals surface area contributed by atoms with Gasteiger partial charge in [-0.25, -0.2) is 9.64 Å². The van der Waals surface area contributed by atoms with Crippen LogP contribution in [-0.4, -0.2) is 20.2 Å². The molecule has 0 aliphatic rings. The van der Waals surface area contributed by atoms with E-state index in [0.717, 1.165) is 5.56 Å². The molecule has 0 unspecified atom stereocenters. The van der Waals surface area contributed by atoms with Crippen molar-refractivity contribution in [1.29, 1.82) is 0 Å². The minimum absolute atomic E-state index is 0.275. The molecule has 0 saturated carbocycles. The fourth-order valence-corrected chi connectivity index (χ4v) is 1.23. The van der Waals surface area contributed by atoms with Crippen LogP contribution >= 0.6 is 0 Å². The minimum atomic E-state index is -0.503. The lowest BCUT2D eigenvalue weighted by Gasteiger charge is -2.08. The Kier molecular flexibility index (Phi) is 3.29. The number of rotatable bonds is 2. The molecule has 0 bridgehead atoms. The second-order valence-electron chi connectivity index (χ2n) is 2.94. The Balaban J connectivity index is 3.36. The molecular weight excluding hydrogens is 194 g/mol. The van der Waals surface area contributed by atoms with Crippen LogP contribution in [0.15, 0.2) is 12.1 Å². The highest BCUT2D eigenvalue weighted by Crippen LogP contribution is 2.28. The molecule has 0 N–H and O–H groups in total. The summed E-state index contributed by atoms with van der Waals surface area (Å²) >= 11 is 0. The molecule has 0 aliphatic heterocycles. The molecule has 0 fully saturated rings. The van der Waals surface area contributed by atoms with Gasteiger partial charge >= 0.3 is 5.97 Å². The molecule has 0 spiro atoms. The largest absolute Gasteiger partial charge is 0.496 e. The molecule has 0 atom stereocenters. The van der Waals surface area contributed by atoms with E-state index in [1.54, 1.807) is 13.0 Å². The van der Waals surface area contributed by atoms with Crippen LogP contribution in [0.4, 0.5) is 5.69 Å². The lowest BCUT2D eigenvalue weighted by Crippen LogP contribution is -2.04. The number of methoxy groups -OCH3 is 2. The standard InChI is InChI=1S/C11H11NO3/c1-7-5-10(14-3)8(11(13)15-4)6-9(7)12-2/h5-6H,1,3-4H3. The Morgan fingerprint density at radius 1 is 1.40 bits per heavy atom. The number of aryl methyl sites for hydroxylation is 1. The van der Waals surface area contributed by atoms with Crippen molar-refractivity contribution >= 4 is 11.7 Å². The van der Waals surface area contributed by atoms with E-state index in [1.807, 2.05) is 0 Å². The normalized spacial score (nSPS) is 9.20. The predicted molar refractivity (Wildman–Crippen MR) is 55.3 cm³/mol. The highest BCUT2D eigenvalue weighted by molar-refractivity contribution is 5.94. The van der Waals surface area contributed by atoms with Gasteiger partial charge in [-0.05, 0) is 24.6 Å². The van der Waals surface area contributed by atoms with Crippen molar-refractivity contribution in [3.05, 3.63) is 34.7 Å². The van der Waals surface area contributed by atoms with Gasteiger partial charge in [-0.15, -0.1) is 0 Å². The van der Waals surface area contributed by atoms with Gasteiger partial charge in [0, 0.05) is 0 Å². The number of esters is 1. The third-order valence-electron chi connectivity index (χ3n) is 2.04. The Labute approximate surface area is 88.2 Å². The van der Waals surface area contributed by atoms with E-state index in [-0.39, 0.29) is 5.56 Å². The highest BCUT2D eigenvalue weighted by Gasteiger charge is 2.15. The molecule has 0 saturated heterocycles. The van der Waals surface area contributed by atoms with E-state index in [9.17, 15) is 4.79 Å². The Morgan fingerprint density at radius 2 is 2.07 bits per heavy atom. The fraction of sp³-hybridized carbons (Fsp3) is 0.273. The molecule has 0 aromatic heterocycles. The molecule has 15 heavy (non-hydrogen) atoms. The summed E-state index contributed by atoms with van der Waals surface area (Å²) < 4.78 is 9.64. The first kappa shape index (κ1) is 11.1. The summed E-state index contributed by atoms with van der Waals surface area (Å²) in [6.45, 7) is 8.73. The van der Waals surface area contributed by atoms with Crippen LogP contribution in [0.25, 0.3) is 4.85 Å². The van der Waals surface area contributed by atoms with E-state index in [1.165, 1.54) is 20.3 Å². The molecule has 0 aliphatic carbocycles. The van der Waals surface area contributed by atoms with Gasteiger partial charge in [0.05, 0.1) is 26.4 Å². The summed E-state index contributed by atoms with van der Waals surface area (Å²) in [4.78, 5) is 14.7. The summed E-state index contributed by atoms with van der Waals surface area (Å²) in [7, 11) is 2.76. The van der Waals surface area contributed by atoms with Crippen molar-refractivity contribution < 1.29 is 14.3 Å². The Bertz CT molecular complexity index is 432. The third kappa shape index (κ3) is 2.08. The lowest BCUT2D eigenvalue weighted by molar-refractivity contribution is 0.0597. The van der Waals surface area contributed by atoms with Crippen LogP contribution in [0.2, 0.25) is 0 Å². The molecule has 1 rings (SSSR count). The van der Waals surface area contributed by atoms with Gasteiger partial charge in [-0.1, -0.05) is 0 Å². The number of carbonyl (C=O) groups is 1. The number of nitrogens with zero attached hydrogens (tertiary/aromatic N) is 1. The van der Waals surface area contributed by atoms with E-state index in [2.05, 4.69) is 9.58 Å². The average Bonchev–Trinajstić information content (AvgIpc) is 2.27. The van der Waals surface area contributed by atoms with Crippen LogP contribution in [0.1, 0.15) is 15.9 Å². The molecule has 1 aromatic rings. The zero-order valence-corrected chi connectivity index (χ0v) is 8.83. The Hall–Kier alpha value is -2.02. The summed E-state index contributed by atoms with van der Waals surface area (Å²) in [5.41, 5.74) is 1.47. The number of benzene rings is 1. The summed E-state index contributed by atoms with van der Waals surface area (Å²) in [6.07, 6.45) is 0. The lowest BCUT2D eigenvalue weighted by atomic mass is 10.1. The van der Waals surface area contributed by atoms with Crippen molar-refractivity contribution in [2.75, 3.05) is 14.2 Å². The zero-order valence-electron chi connectivity index (χ0n) is 8.83. The molecule has 0 radical (unpaired) electrons. The zero-order chi connectivity index (χ0) is 11.4. The van der Waals surface area contributed by atoms with Crippen LogP contribution in [0.5, 0.6) is 5.75 Å². The predicted octanol–water partition coefficient (Wildman–Crippen LogP) is 2.34. The fourth-order valence-electron chi connectivity index (χ4n) is 1.23. The molecule has 0 heterocycles. The van der Waals surface area contributed by atoms with Gasteiger partial charge in [-0.3, -0.25) is 0 Å². The quantitative estimate of drug-likeness (QED) is 0.549. The van der Waals surface area contributed by atoms with Gasteiger partial charge < -0.3 is 9.47 Å². The first-order valence-electron chi connectivity index (χ1n) is 4.28. The average molecular weight is 205 g/mol. The van der Waals surface area contributed by atoms with Crippen LogP contribution in [0.3, 0.4) is 0 Å². The van der Waals surface area contributed by atoms with E-state index < -0.39 is 5.97 Å². The Morgan fingerprint density at radius 3 is 2.53 bits per heavy atom. The van der Waals surface area contributed by atoms with Gasteiger partial charge in [0.25, 0.3) is 0 Å². The number of hydrogen-bond acceptors (Lipinski definition) is 3. The van der Waals surface area contributed by atoms with Crippen molar-refractivity contribution in [3.8, 4) is 5.75 Å².